The molecule has 0 aliphatic rings. The molecule has 0 bridgehead atoms. The second-order valence-corrected chi connectivity index (χ2v) is 7.89. The van der Waals surface area contributed by atoms with Crippen molar-refractivity contribution in [3.05, 3.63) is 23.2 Å². The molecule has 6 heteroatoms. The van der Waals surface area contributed by atoms with Crippen molar-refractivity contribution < 1.29 is 8.42 Å². The number of nitrogen functional groups attached to an aromatic ring is 1. The van der Waals surface area contributed by atoms with Crippen LogP contribution in [-0.4, -0.2) is 15.0 Å². The van der Waals surface area contributed by atoms with Gasteiger partial charge in [-0.25, -0.2) is 13.1 Å². The SMILES string of the molecule is CC(CNS(=O)(=O)c1c(N)cccc1Cl)C(C)(C)C. The highest BCUT2D eigenvalue weighted by Crippen LogP contribution is 2.28. The maximum atomic E-state index is 12.2. The summed E-state index contributed by atoms with van der Waals surface area (Å²) in [5.74, 6) is 0.186. The normalized spacial score (nSPS) is 14.4. The summed E-state index contributed by atoms with van der Waals surface area (Å²) < 4.78 is 27.0. The molecule has 0 aliphatic carbocycles. The van der Waals surface area contributed by atoms with Crippen LogP contribution in [0, 0.1) is 11.3 Å². The second-order valence-electron chi connectivity index (χ2n) is 5.78. The Hall–Kier alpha value is -0.780. The van der Waals surface area contributed by atoms with E-state index in [9.17, 15) is 8.42 Å². The zero-order valence-corrected chi connectivity index (χ0v) is 13.3. The van der Waals surface area contributed by atoms with Crippen molar-refractivity contribution in [3.8, 4) is 0 Å². The van der Waals surface area contributed by atoms with Gasteiger partial charge in [-0.1, -0.05) is 45.4 Å². The first-order valence-corrected chi connectivity index (χ1v) is 7.95. The van der Waals surface area contributed by atoms with Crippen molar-refractivity contribution in [2.75, 3.05) is 12.3 Å². The molecule has 0 aliphatic heterocycles. The van der Waals surface area contributed by atoms with Crippen molar-refractivity contribution in [1.82, 2.24) is 4.72 Å². The van der Waals surface area contributed by atoms with Gasteiger partial charge in [0.2, 0.25) is 10.0 Å². The lowest BCUT2D eigenvalue weighted by molar-refractivity contribution is 0.263. The molecule has 19 heavy (non-hydrogen) atoms. The van der Waals surface area contributed by atoms with E-state index in [4.69, 9.17) is 17.3 Å². The van der Waals surface area contributed by atoms with Crippen LogP contribution in [-0.2, 0) is 10.0 Å². The number of nitrogens with two attached hydrogens (primary N) is 1. The summed E-state index contributed by atoms with van der Waals surface area (Å²) in [6.07, 6.45) is 0. The van der Waals surface area contributed by atoms with Crippen LogP contribution in [0.5, 0.6) is 0 Å². The summed E-state index contributed by atoms with van der Waals surface area (Å²) in [4.78, 5) is -0.0437. The van der Waals surface area contributed by atoms with E-state index in [1.807, 2.05) is 6.92 Å². The van der Waals surface area contributed by atoms with E-state index in [0.717, 1.165) is 0 Å². The van der Waals surface area contributed by atoms with E-state index in [1.165, 1.54) is 12.1 Å². The molecule has 0 radical (unpaired) electrons. The Kier molecular flexibility index (Phi) is 4.87. The lowest BCUT2D eigenvalue weighted by atomic mass is 9.82. The first-order valence-electron chi connectivity index (χ1n) is 6.09. The topological polar surface area (TPSA) is 72.2 Å². The Morgan fingerprint density at radius 2 is 1.95 bits per heavy atom. The largest absolute Gasteiger partial charge is 0.398 e. The minimum absolute atomic E-state index is 0.0224. The molecular formula is C13H21ClN2O2S. The van der Waals surface area contributed by atoms with E-state index < -0.39 is 10.0 Å². The fourth-order valence-corrected chi connectivity index (χ4v) is 3.23. The molecule has 4 nitrogen and oxygen atoms in total. The van der Waals surface area contributed by atoms with Crippen LogP contribution >= 0.6 is 11.6 Å². The summed E-state index contributed by atoms with van der Waals surface area (Å²) in [7, 11) is -3.68. The molecule has 1 unspecified atom stereocenters. The van der Waals surface area contributed by atoms with Crippen LogP contribution in [0.25, 0.3) is 0 Å². The minimum Gasteiger partial charge on any atom is -0.398 e. The van der Waals surface area contributed by atoms with Crippen molar-refractivity contribution >= 4 is 27.3 Å². The number of benzene rings is 1. The number of sulfonamides is 1. The van der Waals surface area contributed by atoms with Crippen LogP contribution in [0.1, 0.15) is 27.7 Å². The Balaban J connectivity index is 2.95. The number of anilines is 1. The van der Waals surface area contributed by atoms with Gasteiger partial charge in [0.05, 0.1) is 10.7 Å². The van der Waals surface area contributed by atoms with Crippen LogP contribution < -0.4 is 10.5 Å². The van der Waals surface area contributed by atoms with Crippen molar-refractivity contribution in [3.63, 3.8) is 0 Å². The van der Waals surface area contributed by atoms with Gasteiger partial charge in [-0.3, -0.25) is 0 Å². The zero-order chi connectivity index (χ0) is 14.8. The number of nitrogens with one attached hydrogen (secondary N) is 1. The molecular weight excluding hydrogens is 284 g/mol. The first kappa shape index (κ1) is 16.3. The third kappa shape index (κ3) is 4.09. The number of rotatable bonds is 4. The van der Waals surface area contributed by atoms with Gasteiger partial charge in [0, 0.05) is 6.54 Å². The quantitative estimate of drug-likeness (QED) is 0.840. The number of hydrogen-bond acceptors (Lipinski definition) is 3. The van der Waals surface area contributed by atoms with Crippen molar-refractivity contribution in [2.45, 2.75) is 32.6 Å². The number of hydrogen-bond donors (Lipinski definition) is 2. The highest BCUT2D eigenvalue weighted by molar-refractivity contribution is 7.89. The minimum atomic E-state index is -3.68. The van der Waals surface area contributed by atoms with Gasteiger partial charge < -0.3 is 5.73 Å². The predicted molar refractivity (Wildman–Crippen MR) is 79.7 cm³/mol. The third-order valence-corrected chi connectivity index (χ3v) is 5.29. The van der Waals surface area contributed by atoms with Gasteiger partial charge in [-0.2, -0.15) is 0 Å². The average Bonchev–Trinajstić information content (AvgIpc) is 2.24. The van der Waals surface area contributed by atoms with Gasteiger partial charge in [-0.05, 0) is 23.5 Å². The third-order valence-electron chi connectivity index (χ3n) is 3.32. The van der Waals surface area contributed by atoms with Crippen LogP contribution in [0.15, 0.2) is 23.1 Å². The molecule has 0 saturated heterocycles. The standard InChI is InChI=1S/C13H21ClN2O2S/c1-9(13(2,3)4)8-16-19(17,18)12-10(14)6-5-7-11(12)15/h5-7,9,16H,8,15H2,1-4H3. The molecule has 108 valence electrons. The fourth-order valence-electron chi connectivity index (χ4n) is 1.42. The molecule has 0 spiro atoms. The summed E-state index contributed by atoms with van der Waals surface area (Å²) >= 11 is 5.92. The summed E-state index contributed by atoms with van der Waals surface area (Å²) in [6, 6.07) is 4.65. The lowest BCUT2D eigenvalue weighted by Crippen LogP contribution is -2.34. The van der Waals surface area contributed by atoms with Gasteiger partial charge in [0.1, 0.15) is 4.90 Å². The van der Waals surface area contributed by atoms with E-state index in [-0.39, 0.29) is 26.9 Å². The smallest absolute Gasteiger partial charge is 0.244 e. The lowest BCUT2D eigenvalue weighted by Gasteiger charge is -2.27. The highest BCUT2D eigenvalue weighted by atomic mass is 35.5. The van der Waals surface area contributed by atoms with Crippen molar-refractivity contribution in [2.24, 2.45) is 11.3 Å². The van der Waals surface area contributed by atoms with Gasteiger partial charge in [0.25, 0.3) is 0 Å². The summed E-state index contributed by atoms with van der Waals surface area (Å²) in [5.41, 5.74) is 5.87. The maximum Gasteiger partial charge on any atom is 0.244 e. The molecule has 1 atom stereocenters. The van der Waals surface area contributed by atoms with Crippen LogP contribution in [0.4, 0.5) is 5.69 Å². The molecule has 3 N–H and O–H groups in total. The van der Waals surface area contributed by atoms with Gasteiger partial charge >= 0.3 is 0 Å². The molecule has 1 rings (SSSR count). The zero-order valence-electron chi connectivity index (χ0n) is 11.7. The van der Waals surface area contributed by atoms with E-state index >= 15 is 0 Å². The van der Waals surface area contributed by atoms with E-state index in [0.29, 0.717) is 6.54 Å². The molecule has 1 aromatic rings. The van der Waals surface area contributed by atoms with E-state index in [2.05, 4.69) is 25.5 Å². The van der Waals surface area contributed by atoms with Gasteiger partial charge in [0.15, 0.2) is 0 Å². The summed E-state index contributed by atoms with van der Waals surface area (Å²) in [6.45, 7) is 8.54. The molecule has 0 fully saturated rings. The van der Waals surface area contributed by atoms with E-state index in [1.54, 1.807) is 6.07 Å². The Morgan fingerprint density at radius 3 is 2.42 bits per heavy atom. The molecule has 0 saturated carbocycles. The Morgan fingerprint density at radius 1 is 1.37 bits per heavy atom. The van der Waals surface area contributed by atoms with Crippen LogP contribution in [0.3, 0.4) is 0 Å². The molecule has 1 aromatic carbocycles. The maximum absolute atomic E-state index is 12.2. The molecule has 0 heterocycles. The highest BCUT2D eigenvalue weighted by Gasteiger charge is 2.25. The Labute approximate surface area is 120 Å². The second kappa shape index (κ2) is 5.69. The summed E-state index contributed by atoms with van der Waals surface area (Å²) in [5, 5.41) is 0.135. The number of halogens is 1. The monoisotopic (exact) mass is 304 g/mol. The average molecular weight is 305 g/mol. The first-order chi connectivity index (χ1) is 8.55. The van der Waals surface area contributed by atoms with Gasteiger partial charge in [-0.15, -0.1) is 0 Å². The molecule has 0 aromatic heterocycles. The Bertz CT molecular complexity index is 530. The van der Waals surface area contributed by atoms with Crippen LogP contribution in [0.2, 0.25) is 5.02 Å². The molecule has 0 amide bonds. The fraction of sp³-hybridized carbons (Fsp3) is 0.538. The predicted octanol–water partition coefficient (Wildman–Crippen LogP) is 2.88. The van der Waals surface area contributed by atoms with Crippen molar-refractivity contribution in [1.29, 1.82) is 0 Å².